The molecule has 2 amide bonds. The molecule has 0 bridgehead atoms. The van der Waals surface area contributed by atoms with E-state index in [1.54, 1.807) is 12.0 Å². The Morgan fingerprint density at radius 3 is 2.50 bits per heavy atom. The summed E-state index contributed by atoms with van der Waals surface area (Å²) in [5, 5.41) is 2.97. The second-order valence-electron chi connectivity index (χ2n) is 8.52. The van der Waals surface area contributed by atoms with Gasteiger partial charge in [-0.05, 0) is 57.2 Å². The average Bonchev–Trinajstić information content (AvgIpc) is 3.28. The fourth-order valence-electron chi connectivity index (χ4n) is 3.90. The van der Waals surface area contributed by atoms with Gasteiger partial charge in [0.25, 0.3) is 0 Å². The number of nitrogens with one attached hydrogen (secondary N) is 1. The molecule has 1 atom stereocenters. The monoisotopic (exact) mass is 406 g/mol. The topological polar surface area (TPSA) is 76.5 Å². The minimum absolute atomic E-state index is 0.0651. The summed E-state index contributed by atoms with van der Waals surface area (Å²) in [7, 11) is 1.60. The Balaban J connectivity index is 1.55. The molecule has 7 nitrogen and oxygen atoms in total. The van der Waals surface area contributed by atoms with Crippen molar-refractivity contribution in [2.45, 2.75) is 32.7 Å². The van der Waals surface area contributed by atoms with Crippen LogP contribution < -0.4 is 15.0 Å². The van der Waals surface area contributed by atoms with E-state index in [4.69, 9.17) is 4.74 Å². The van der Waals surface area contributed by atoms with Crippen LogP contribution in [-0.4, -0.2) is 35.0 Å². The standard InChI is InChI=1S/C23H26N4O3/c1-23(2,3)27-19-8-6-5-7-18(19)24-22(27)25-21(29)15-13-20(28)26(14-15)16-9-11-17(30-4)12-10-16/h5-12,15H,13-14H2,1-4H3,(H,24,25,29). The highest BCUT2D eigenvalue weighted by atomic mass is 16.5. The van der Waals surface area contributed by atoms with Crippen LogP contribution in [0.5, 0.6) is 5.75 Å². The molecule has 1 saturated heterocycles. The van der Waals surface area contributed by atoms with Crippen molar-refractivity contribution in [1.82, 2.24) is 9.55 Å². The molecule has 0 spiro atoms. The number of carbonyl (C=O) groups is 2. The van der Waals surface area contributed by atoms with Gasteiger partial charge in [0.2, 0.25) is 17.8 Å². The number of carbonyl (C=O) groups excluding carboxylic acids is 2. The molecule has 1 unspecified atom stereocenters. The minimum atomic E-state index is -0.437. The van der Waals surface area contributed by atoms with Crippen LogP contribution in [-0.2, 0) is 15.1 Å². The van der Waals surface area contributed by atoms with Gasteiger partial charge in [-0.3, -0.25) is 14.9 Å². The molecule has 2 aromatic carbocycles. The lowest BCUT2D eigenvalue weighted by atomic mass is 10.1. The highest BCUT2D eigenvalue weighted by Gasteiger charge is 2.36. The SMILES string of the molecule is COc1ccc(N2CC(C(=O)Nc3nc4ccccc4n3C(C)(C)C)CC2=O)cc1. The zero-order chi connectivity index (χ0) is 21.5. The first-order valence-corrected chi connectivity index (χ1v) is 10.0. The van der Waals surface area contributed by atoms with Crippen LogP contribution >= 0.6 is 0 Å². The Hall–Kier alpha value is -3.35. The summed E-state index contributed by atoms with van der Waals surface area (Å²) in [6.45, 7) is 6.55. The number of amides is 2. The third-order valence-corrected chi connectivity index (χ3v) is 5.35. The zero-order valence-electron chi connectivity index (χ0n) is 17.7. The van der Waals surface area contributed by atoms with E-state index in [-0.39, 0.29) is 23.8 Å². The van der Waals surface area contributed by atoms with Crippen LogP contribution in [0, 0.1) is 5.92 Å². The first-order valence-electron chi connectivity index (χ1n) is 10.0. The number of aromatic nitrogens is 2. The summed E-state index contributed by atoms with van der Waals surface area (Å²) in [6.07, 6.45) is 0.174. The number of ether oxygens (including phenoxy) is 1. The summed E-state index contributed by atoms with van der Waals surface area (Å²) in [5.74, 6) is 0.530. The molecule has 2 heterocycles. The lowest BCUT2D eigenvalue weighted by molar-refractivity contribution is -0.122. The molecular formula is C23H26N4O3. The molecule has 0 aliphatic carbocycles. The number of para-hydroxylation sites is 2. The van der Waals surface area contributed by atoms with Gasteiger partial charge in [0.1, 0.15) is 5.75 Å². The predicted molar refractivity (Wildman–Crippen MR) is 117 cm³/mol. The Morgan fingerprint density at radius 2 is 1.83 bits per heavy atom. The van der Waals surface area contributed by atoms with E-state index >= 15 is 0 Å². The quantitative estimate of drug-likeness (QED) is 0.715. The second kappa shape index (κ2) is 7.48. The number of hydrogen-bond donors (Lipinski definition) is 1. The molecule has 1 aliphatic heterocycles. The van der Waals surface area contributed by atoms with Crippen molar-refractivity contribution < 1.29 is 14.3 Å². The second-order valence-corrected chi connectivity index (χ2v) is 8.52. The normalized spacial score (nSPS) is 16.9. The molecule has 3 aromatic rings. The van der Waals surface area contributed by atoms with Gasteiger partial charge < -0.3 is 14.2 Å². The minimum Gasteiger partial charge on any atom is -0.497 e. The smallest absolute Gasteiger partial charge is 0.232 e. The fourth-order valence-corrected chi connectivity index (χ4v) is 3.90. The van der Waals surface area contributed by atoms with Gasteiger partial charge in [0, 0.05) is 24.2 Å². The number of anilines is 2. The van der Waals surface area contributed by atoms with Gasteiger partial charge in [-0.1, -0.05) is 12.1 Å². The van der Waals surface area contributed by atoms with Crippen LogP contribution in [0.4, 0.5) is 11.6 Å². The number of rotatable bonds is 4. The third-order valence-electron chi connectivity index (χ3n) is 5.35. The van der Waals surface area contributed by atoms with Crippen LogP contribution in [0.15, 0.2) is 48.5 Å². The van der Waals surface area contributed by atoms with Crippen LogP contribution in [0.3, 0.4) is 0 Å². The molecule has 0 saturated carbocycles. The highest BCUT2D eigenvalue weighted by Crippen LogP contribution is 2.30. The van der Waals surface area contributed by atoms with E-state index in [1.165, 1.54) is 0 Å². The molecular weight excluding hydrogens is 380 g/mol. The van der Waals surface area contributed by atoms with Crippen LogP contribution in [0.1, 0.15) is 27.2 Å². The van der Waals surface area contributed by atoms with Gasteiger partial charge in [-0.15, -0.1) is 0 Å². The maximum atomic E-state index is 13.0. The Morgan fingerprint density at radius 1 is 1.13 bits per heavy atom. The first kappa shape index (κ1) is 19.9. The molecule has 7 heteroatoms. The lowest BCUT2D eigenvalue weighted by Crippen LogP contribution is -2.30. The predicted octanol–water partition coefficient (Wildman–Crippen LogP) is 3.79. The van der Waals surface area contributed by atoms with E-state index in [1.807, 2.05) is 53.1 Å². The highest BCUT2D eigenvalue weighted by molar-refractivity contribution is 6.03. The number of nitrogens with zero attached hydrogens (tertiary/aromatic N) is 3. The third kappa shape index (κ3) is 3.63. The van der Waals surface area contributed by atoms with Crippen molar-refractivity contribution in [3.63, 3.8) is 0 Å². The van der Waals surface area contributed by atoms with E-state index in [9.17, 15) is 9.59 Å². The number of hydrogen-bond acceptors (Lipinski definition) is 4. The molecule has 1 aliphatic rings. The summed E-state index contributed by atoms with van der Waals surface area (Å²) in [4.78, 5) is 31.9. The number of fused-ring (bicyclic) bond motifs is 1. The van der Waals surface area contributed by atoms with Crippen molar-refractivity contribution in [3.8, 4) is 5.75 Å². The fraction of sp³-hybridized carbons (Fsp3) is 0.348. The Kier molecular flexibility index (Phi) is 4.97. The van der Waals surface area contributed by atoms with Crippen molar-refractivity contribution in [3.05, 3.63) is 48.5 Å². The maximum absolute atomic E-state index is 13.0. The summed E-state index contributed by atoms with van der Waals surface area (Å²) < 4.78 is 7.20. The molecule has 0 radical (unpaired) electrons. The summed E-state index contributed by atoms with van der Waals surface area (Å²) >= 11 is 0. The van der Waals surface area contributed by atoms with Crippen LogP contribution in [0.2, 0.25) is 0 Å². The lowest BCUT2D eigenvalue weighted by Gasteiger charge is -2.25. The molecule has 156 valence electrons. The Labute approximate surface area is 175 Å². The first-order chi connectivity index (χ1) is 14.3. The molecule has 1 aromatic heterocycles. The molecule has 30 heavy (non-hydrogen) atoms. The van der Waals surface area contributed by atoms with Crippen molar-refractivity contribution in [2.75, 3.05) is 23.9 Å². The van der Waals surface area contributed by atoms with Crippen molar-refractivity contribution >= 4 is 34.5 Å². The van der Waals surface area contributed by atoms with Gasteiger partial charge in [0.05, 0.1) is 24.1 Å². The van der Waals surface area contributed by atoms with E-state index in [2.05, 4.69) is 31.1 Å². The molecule has 1 fully saturated rings. The summed E-state index contributed by atoms with van der Waals surface area (Å²) in [6, 6.07) is 15.1. The van der Waals surface area contributed by atoms with Gasteiger partial charge >= 0.3 is 0 Å². The van der Waals surface area contributed by atoms with Gasteiger partial charge in [0.15, 0.2) is 0 Å². The Bertz CT molecular complexity index is 1100. The number of methoxy groups -OCH3 is 1. The van der Waals surface area contributed by atoms with E-state index < -0.39 is 5.92 Å². The molecule has 1 N–H and O–H groups in total. The average molecular weight is 406 g/mol. The molecule has 4 rings (SSSR count). The van der Waals surface area contributed by atoms with Gasteiger partial charge in [-0.25, -0.2) is 4.98 Å². The zero-order valence-corrected chi connectivity index (χ0v) is 17.7. The number of benzene rings is 2. The van der Waals surface area contributed by atoms with Crippen molar-refractivity contribution in [1.29, 1.82) is 0 Å². The van der Waals surface area contributed by atoms with Crippen LogP contribution in [0.25, 0.3) is 11.0 Å². The van der Waals surface area contributed by atoms with Crippen molar-refractivity contribution in [2.24, 2.45) is 5.92 Å². The van der Waals surface area contributed by atoms with E-state index in [0.717, 1.165) is 22.5 Å². The summed E-state index contributed by atoms with van der Waals surface area (Å²) in [5.41, 5.74) is 2.28. The van der Waals surface area contributed by atoms with E-state index in [0.29, 0.717) is 12.5 Å². The largest absolute Gasteiger partial charge is 0.497 e. The number of imidazole rings is 1. The maximum Gasteiger partial charge on any atom is 0.232 e. The van der Waals surface area contributed by atoms with Gasteiger partial charge in [-0.2, -0.15) is 0 Å².